The number of rotatable bonds is 6. The first kappa shape index (κ1) is 16.4. The number of nitrogens with one attached hydrogen (secondary N) is 1. The highest BCUT2D eigenvalue weighted by atomic mass is 16.6. The van der Waals surface area contributed by atoms with E-state index in [-0.39, 0.29) is 11.4 Å². The Bertz CT molecular complexity index is 900. The number of hydrogen-bond acceptors (Lipinski definition) is 5. The van der Waals surface area contributed by atoms with Crippen LogP contribution < -0.4 is 5.32 Å². The Morgan fingerprint density at radius 1 is 1.24 bits per heavy atom. The van der Waals surface area contributed by atoms with Crippen LogP contribution in [0.1, 0.15) is 23.0 Å². The zero-order valence-electron chi connectivity index (χ0n) is 13.5. The van der Waals surface area contributed by atoms with Crippen molar-refractivity contribution < 1.29 is 9.72 Å². The van der Waals surface area contributed by atoms with Crippen LogP contribution in [-0.4, -0.2) is 30.4 Å². The van der Waals surface area contributed by atoms with Gasteiger partial charge in [-0.1, -0.05) is 30.3 Å². The lowest BCUT2D eigenvalue weighted by Crippen LogP contribution is -2.14. The van der Waals surface area contributed by atoms with E-state index in [1.165, 1.54) is 17.1 Å². The number of anilines is 1. The molecule has 0 atom stereocenters. The molecule has 2 heterocycles. The summed E-state index contributed by atoms with van der Waals surface area (Å²) in [7, 11) is 0. The third-order valence-corrected chi connectivity index (χ3v) is 3.56. The normalized spacial score (nSPS) is 10.6. The summed E-state index contributed by atoms with van der Waals surface area (Å²) in [6.07, 6.45) is 4.39. The summed E-state index contributed by atoms with van der Waals surface area (Å²) >= 11 is 0. The summed E-state index contributed by atoms with van der Waals surface area (Å²) in [6.45, 7) is 2.77. The summed E-state index contributed by atoms with van der Waals surface area (Å²) < 4.78 is 3.02. The van der Waals surface area contributed by atoms with Gasteiger partial charge >= 0.3 is 5.69 Å². The number of aromatic nitrogens is 4. The minimum absolute atomic E-state index is 0.220. The smallest absolute Gasteiger partial charge is 0.318 e. The molecule has 9 heteroatoms. The lowest BCUT2D eigenvalue weighted by atomic mass is 10.2. The fraction of sp³-hybridized carbons (Fsp3) is 0.188. The highest BCUT2D eigenvalue weighted by Crippen LogP contribution is 2.18. The Labute approximate surface area is 143 Å². The first-order valence-electron chi connectivity index (χ1n) is 7.66. The van der Waals surface area contributed by atoms with Gasteiger partial charge in [-0.2, -0.15) is 10.2 Å². The van der Waals surface area contributed by atoms with E-state index in [0.717, 1.165) is 5.56 Å². The SMILES string of the molecule is CCn1cc([N+](=O)[O-])c(C(=O)Nc2cnn(Cc3ccccc3)c2)n1. The molecule has 2 aromatic heterocycles. The van der Waals surface area contributed by atoms with Crippen molar-refractivity contribution in [3.8, 4) is 0 Å². The van der Waals surface area contributed by atoms with E-state index < -0.39 is 10.8 Å². The maximum atomic E-state index is 12.3. The number of carbonyl (C=O) groups excluding carboxylic acids is 1. The Hall–Kier alpha value is -3.49. The molecule has 1 aromatic carbocycles. The number of aryl methyl sites for hydroxylation is 1. The van der Waals surface area contributed by atoms with Gasteiger partial charge in [0, 0.05) is 12.7 Å². The summed E-state index contributed by atoms with van der Waals surface area (Å²) in [6, 6.07) is 9.75. The van der Waals surface area contributed by atoms with Gasteiger partial charge in [-0.25, -0.2) is 0 Å². The molecule has 0 saturated carbocycles. The largest absolute Gasteiger partial charge is 0.320 e. The van der Waals surface area contributed by atoms with Gasteiger partial charge in [0.05, 0.1) is 23.4 Å². The third-order valence-electron chi connectivity index (χ3n) is 3.56. The lowest BCUT2D eigenvalue weighted by Gasteiger charge is -2.01. The maximum absolute atomic E-state index is 12.3. The molecule has 0 unspecified atom stereocenters. The fourth-order valence-corrected chi connectivity index (χ4v) is 2.34. The average molecular weight is 340 g/mol. The van der Waals surface area contributed by atoms with Crippen molar-refractivity contribution in [3.05, 3.63) is 70.3 Å². The van der Waals surface area contributed by atoms with Crippen LogP contribution in [0.15, 0.2) is 48.9 Å². The molecular formula is C16H16N6O3. The fourth-order valence-electron chi connectivity index (χ4n) is 2.34. The van der Waals surface area contributed by atoms with Gasteiger partial charge in [-0.3, -0.25) is 24.3 Å². The van der Waals surface area contributed by atoms with Gasteiger partial charge in [0.1, 0.15) is 6.20 Å². The third kappa shape index (κ3) is 3.71. The van der Waals surface area contributed by atoms with Gasteiger partial charge in [0.15, 0.2) is 0 Å². The summed E-state index contributed by atoms with van der Waals surface area (Å²) in [5, 5.41) is 21.8. The van der Waals surface area contributed by atoms with Crippen molar-refractivity contribution in [2.45, 2.75) is 20.0 Å². The van der Waals surface area contributed by atoms with Gasteiger partial charge in [0.2, 0.25) is 5.69 Å². The van der Waals surface area contributed by atoms with E-state index in [4.69, 9.17) is 0 Å². The van der Waals surface area contributed by atoms with Gasteiger partial charge in [-0.15, -0.1) is 0 Å². The first-order chi connectivity index (χ1) is 12.1. The molecule has 0 radical (unpaired) electrons. The quantitative estimate of drug-likeness (QED) is 0.547. The molecular weight excluding hydrogens is 324 g/mol. The Kier molecular flexibility index (Phi) is 4.55. The van der Waals surface area contributed by atoms with Crippen molar-refractivity contribution in [2.24, 2.45) is 0 Å². The van der Waals surface area contributed by atoms with E-state index in [1.807, 2.05) is 30.3 Å². The second kappa shape index (κ2) is 6.95. The van der Waals surface area contributed by atoms with Crippen molar-refractivity contribution in [3.63, 3.8) is 0 Å². The average Bonchev–Trinajstić information content (AvgIpc) is 3.22. The van der Waals surface area contributed by atoms with Crippen LogP contribution in [0.5, 0.6) is 0 Å². The molecule has 3 aromatic rings. The Balaban J connectivity index is 1.74. The molecule has 0 aliphatic rings. The van der Waals surface area contributed by atoms with E-state index in [9.17, 15) is 14.9 Å². The molecule has 0 aliphatic heterocycles. The predicted molar refractivity (Wildman–Crippen MR) is 90.3 cm³/mol. The topological polar surface area (TPSA) is 108 Å². The molecule has 9 nitrogen and oxygen atoms in total. The lowest BCUT2D eigenvalue weighted by molar-refractivity contribution is -0.385. The number of nitrogens with zero attached hydrogens (tertiary/aromatic N) is 5. The predicted octanol–water partition coefficient (Wildman–Crippen LogP) is 2.31. The van der Waals surface area contributed by atoms with E-state index in [2.05, 4.69) is 15.5 Å². The van der Waals surface area contributed by atoms with Crippen LogP contribution in [0.4, 0.5) is 11.4 Å². The van der Waals surface area contributed by atoms with Crippen molar-refractivity contribution in [1.82, 2.24) is 19.6 Å². The van der Waals surface area contributed by atoms with Crippen LogP contribution in [-0.2, 0) is 13.1 Å². The van der Waals surface area contributed by atoms with Crippen LogP contribution in [0, 0.1) is 10.1 Å². The molecule has 0 spiro atoms. The first-order valence-corrected chi connectivity index (χ1v) is 7.66. The summed E-state index contributed by atoms with van der Waals surface area (Å²) in [4.78, 5) is 22.8. The van der Waals surface area contributed by atoms with Crippen LogP contribution in [0.3, 0.4) is 0 Å². The van der Waals surface area contributed by atoms with E-state index >= 15 is 0 Å². The van der Waals surface area contributed by atoms with Crippen LogP contribution in [0.25, 0.3) is 0 Å². The molecule has 3 rings (SSSR count). The highest BCUT2D eigenvalue weighted by Gasteiger charge is 2.25. The molecule has 0 fully saturated rings. The number of carbonyl (C=O) groups is 1. The standard InChI is InChI=1S/C16H16N6O3/c1-2-20-11-14(22(24)25)15(19-20)16(23)18-13-8-17-21(10-13)9-12-6-4-3-5-7-12/h3-8,10-11H,2,9H2,1H3,(H,18,23). The van der Waals surface area contributed by atoms with E-state index in [1.54, 1.807) is 17.8 Å². The highest BCUT2D eigenvalue weighted by molar-refractivity contribution is 6.05. The minimum Gasteiger partial charge on any atom is -0.318 e. The zero-order chi connectivity index (χ0) is 17.8. The molecule has 0 saturated heterocycles. The second-order valence-electron chi connectivity index (χ2n) is 5.34. The number of benzene rings is 1. The van der Waals surface area contributed by atoms with Gasteiger partial charge in [-0.05, 0) is 12.5 Å². The molecule has 128 valence electrons. The van der Waals surface area contributed by atoms with Gasteiger partial charge in [0.25, 0.3) is 5.91 Å². The number of hydrogen-bond donors (Lipinski definition) is 1. The molecule has 0 aliphatic carbocycles. The van der Waals surface area contributed by atoms with Crippen molar-refractivity contribution >= 4 is 17.3 Å². The summed E-state index contributed by atoms with van der Waals surface area (Å²) in [5.74, 6) is -0.641. The monoisotopic (exact) mass is 340 g/mol. The van der Waals surface area contributed by atoms with Crippen LogP contribution >= 0.6 is 0 Å². The number of nitro groups is 1. The Morgan fingerprint density at radius 3 is 2.68 bits per heavy atom. The molecule has 0 bridgehead atoms. The Morgan fingerprint density at radius 2 is 2.00 bits per heavy atom. The molecule has 25 heavy (non-hydrogen) atoms. The van der Waals surface area contributed by atoms with Gasteiger partial charge < -0.3 is 5.32 Å². The second-order valence-corrected chi connectivity index (χ2v) is 5.34. The maximum Gasteiger partial charge on any atom is 0.320 e. The van der Waals surface area contributed by atoms with Crippen molar-refractivity contribution in [2.75, 3.05) is 5.32 Å². The summed E-state index contributed by atoms with van der Waals surface area (Å²) in [5.41, 5.74) is 0.973. The number of amides is 1. The molecule has 1 N–H and O–H groups in total. The molecule has 1 amide bonds. The minimum atomic E-state index is -0.641. The van der Waals surface area contributed by atoms with Crippen molar-refractivity contribution in [1.29, 1.82) is 0 Å². The zero-order valence-corrected chi connectivity index (χ0v) is 13.5. The van der Waals surface area contributed by atoms with E-state index in [0.29, 0.717) is 18.8 Å². The van der Waals surface area contributed by atoms with Crippen LogP contribution in [0.2, 0.25) is 0 Å².